The lowest BCUT2D eigenvalue weighted by Crippen LogP contribution is -2.11. The van der Waals surface area contributed by atoms with Gasteiger partial charge in [0.25, 0.3) is 0 Å². The Labute approximate surface area is 128 Å². The van der Waals surface area contributed by atoms with Crippen LogP contribution in [0.25, 0.3) is 16.8 Å². The van der Waals surface area contributed by atoms with Gasteiger partial charge in [-0.2, -0.15) is 5.10 Å². The molecule has 0 aliphatic rings. The first-order chi connectivity index (χ1) is 10.6. The molecule has 0 N–H and O–H groups in total. The van der Waals surface area contributed by atoms with E-state index >= 15 is 0 Å². The minimum Gasteiger partial charge on any atom is -0.462 e. The summed E-state index contributed by atoms with van der Waals surface area (Å²) in [5, 5.41) is 4.54. The van der Waals surface area contributed by atoms with Crippen LogP contribution in [-0.2, 0) is 4.74 Å². The molecule has 0 unspecified atom stereocenters. The molecule has 22 heavy (non-hydrogen) atoms. The molecule has 112 valence electrons. The van der Waals surface area contributed by atoms with Crippen LogP contribution in [0.3, 0.4) is 0 Å². The summed E-state index contributed by atoms with van der Waals surface area (Å²) in [6.45, 7) is 5.91. The number of carbonyl (C=O) groups excluding carboxylic acids is 1. The largest absolute Gasteiger partial charge is 0.462 e. The molecule has 0 fully saturated rings. The number of hydrogen-bond donors (Lipinski definition) is 0. The summed E-state index contributed by atoms with van der Waals surface area (Å²) >= 11 is 0. The predicted octanol–water partition coefficient (Wildman–Crippen LogP) is 3.19. The maximum atomic E-state index is 12.0. The summed E-state index contributed by atoms with van der Waals surface area (Å²) in [6, 6.07) is 10.00. The highest BCUT2D eigenvalue weighted by molar-refractivity contribution is 5.91. The summed E-state index contributed by atoms with van der Waals surface area (Å²) in [6.07, 6.45) is 1.57. The van der Waals surface area contributed by atoms with E-state index in [0.29, 0.717) is 12.2 Å². The fraction of sp³-hybridized carbons (Fsp3) is 0.235. The zero-order valence-corrected chi connectivity index (χ0v) is 12.8. The molecule has 0 aliphatic heterocycles. The van der Waals surface area contributed by atoms with Crippen LogP contribution in [0.15, 0.2) is 36.5 Å². The number of esters is 1. The van der Waals surface area contributed by atoms with Crippen molar-refractivity contribution < 1.29 is 9.53 Å². The zero-order valence-electron chi connectivity index (χ0n) is 12.8. The van der Waals surface area contributed by atoms with Gasteiger partial charge >= 0.3 is 5.97 Å². The lowest BCUT2D eigenvalue weighted by atomic mass is 10.1. The van der Waals surface area contributed by atoms with E-state index in [2.05, 4.69) is 10.1 Å². The first-order valence-electron chi connectivity index (χ1n) is 7.21. The van der Waals surface area contributed by atoms with E-state index < -0.39 is 0 Å². The molecule has 0 spiro atoms. The molecular weight excluding hydrogens is 278 g/mol. The Hall–Kier alpha value is -2.69. The topological polar surface area (TPSA) is 56.5 Å². The van der Waals surface area contributed by atoms with E-state index in [4.69, 9.17) is 4.74 Å². The van der Waals surface area contributed by atoms with Crippen LogP contribution in [0.5, 0.6) is 0 Å². The molecule has 3 aromatic rings. The predicted molar refractivity (Wildman–Crippen MR) is 83.9 cm³/mol. The summed E-state index contributed by atoms with van der Waals surface area (Å²) in [5.74, 6) is -0.371. The highest BCUT2D eigenvalue weighted by atomic mass is 16.5. The van der Waals surface area contributed by atoms with Crippen molar-refractivity contribution in [2.24, 2.45) is 0 Å². The van der Waals surface area contributed by atoms with Gasteiger partial charge in [-0.3, -0.25) is 0 Å². The van der Waals surface area contributed by atoms with Crippen LogP contribution in [0.1, 0.15) is 28.7 Å². The zero-order chi connectivity index (χ0) is 15.7. The molecule has 3 rings (SSSR count). The Bertz CT molecular complexity index is 838. The second-order valence-corrected chi connectivity index (χ2v) is 5.04. The normalized spacial score (nSPS) is 10.9. The van der Waals surface area contributed by atoms with Gasteiger partial charge in [0.1, 0.15) is 0 Å². The van der Waals surface area contributed by atoms with Crippen molar-refractivity contribution in [1.82, 2.24) is 14.6 Å². The standard InChI is InChI=1S/C17H17N3O2/c1-4-22-17(21)14-10-18-16-15(13-8-6-5-7-9-13)11(2)19-20(16)12(14)3/h5-10H,4H2,1-3H3. The third kappa shape index (κ3) is 2.24. The van der Waals surface area contributed by atoms with Crippen molar-refractivity contribution in [2.45, 2.75) is 20.8 Å². The number of aryl methyl sites for hydroxylation is 2. The molecule has 0 saturated carbocycles. The maximum Gasteiger partial charge on any atom is 0.341 e. The number of hydrogen-bond acceptors (Lipinski definition) is 4. The van der Waals surface area contributed by atoms with Gasteiger partial charge in [-0.1, -0.05) is 30.3 Å². The Morgan fingerprint density at radius 1 is 1.23 bits per heavy atom. The van der Waals surface area contributed by atoms with Gasteiger partial charge in [-0.05, 0) is 26.3 Å². The van der Waals surface area contributed by atoms with Gasteiger partial charge in [0, 0.05) is 11.8 Å². The van der Waals surface area contributed by atoms with Gasteiger partial charge < -0.3 is 4.74 Å². The summed E-state index contributed by atoms with van der Waals surface area (Å²) < 4.78 is 6.77. The summed E-state index contributed by atoms with van der Waals surface area (Å²) in [7, 11) is 0. The fourth-order valence-electron chi connectivity index (χ4n) is 2.55. The maximum absolute atomic E-state index is 12.0. The molecule has 2 heterocycles. The van der Waals surface area contributed by atoms with E-state index in [1.54, 1.807) is 17.6 Å². The van der Waals surface area contributed by atoms with Crippen LogP contribution in [0, 0.1) is 13.8 Å². The first-order valence-corrected chi connectivity index (χ1v) is 7.21. The Morgan fingerprint density at radius 2 is 1.95 bits per heavy atom. The third-order valence-corrected chi connectivity index (χ3v) is 3.62. The Balaban J connectivity index is 2.21. The molecule has 0 amide bonds. The van der Waals surface area contributed by atoms with Gasteiger partial charge in [0.15, 0.2) is 5.65 Å². The van der Waals surface area contributed by atoms with E-state index in [1.165, 1.54) is 0 Å². The highest BCUT2D eigenvalue weighted by Crippen LogP contribution is 2.27. The molecule has 2 aromatic heterocycles. The Kier molecular flexibility index (Phi) is 3.63. The smallest absolute Gasteiger partial charge is 0.341 e. The first kappa shape index (κ1) is 14.3. The average Bonchev–Trinajstić information content (AvgIpc) is 2.86. The summed E-state index contributed by atoms with van der Waals surface area (Å²) in [4.78, 5) is 16.4. The number of nitrogens with zero attached hydrogens (tertiary/aromatic N) is 3. The molecular formula is C17H17N3O2. The second-order valence-electron chi connectivity index (χ2n) is 5.04. The van der Waals surface area contributed by atoms with Crippen molar-refractivity contribution in [3.05, 3.63) is 53.5 Å². The highest BCUT2D eigenvalue weighted by Gasteiger charge is 2.18. The molecule has 0 atom stereocenters. The number of rotatable bonds is 3. The minimum absolute atomic E-state index is 0.337. The number of benzene rings is 1. The summed E-state index contributed by atoms with van der Waals surface area (Å²) in [5.41, 5.74) is 4.84. The van der Waals surface area contributed by atoms with Crippen LogP contribution < -0.4 is 0 Å². The van der Waals surface area contributed by atoms with Crippen LogP contribution in [-0.4, -0.2) is 27.2 Å². The molecule has 0 aliphatic carbocycles. The second kappa shape index (κ2) is 5.60. The van der Waals surface area contributed by atoms with Crippen molar-refractivity contribution in [2.75, 3.05) is 6.61 Å². The quantitative estimate of drug-likeness (QED) is 0.696. The molecule has 5 heteroatoms. The number of aromatic nitrogens is 3. The monoisotopic (exact) mass is 295 g/mol. The van der Waals surface area contributed by atoms with Crippen LogP contribution in [0.4, 0.5) is 0 Å². The van der Waals surface area contributed by atoms with Gasteiger partial charge in [0.2, 0.25) is 0 Å². The van der Waals surface area contributed by atoms with Gasteiger partial charge in [-0.15, -0.1) is 0 Å². The van der Waals surface area contributed by atoms with E-state index in [9.17, 15) is 4.79 Å². The lowest BCUT2D eigenvalue weighted by molar-refractivity contribution is 0.0524. The van der Waals surface area contributed by atoms with Crippen molar-refractivity contribution >= 4 is 11.6 Å². The fourth-order valence-corrected chi connectivity index (χ4v) is 2.55. The molecule has 1 aromatic carbocycles. The molecule has 0 saturated heterocycles. The van der Waals surface area contributed by atoms with Crippen molar-refractivity contribution in [1.29, 1.82) is 0 Å². The van der Waals surface area contributed by atoms with Gasteiger partial charge in [0.05, 0.1) is 23.6 Å². The van der Waals surface area contributed by atoms with Crippen molar-refractivity contribution in [3.63, 3.8) is 0 Å². The van der Waals surface area contributed by atoms with Crippen molar-refractivity contribution in [3.8, 4) is 11.1 Å². The van der Waals surface area contributed by atoms with E-state index in [0.717, 1.165) is 28.2 Å². The number of ether oxygens (including phenoxy) is 1. The van der Waals surface area contributed by atoms with E-state index in [1.807, 2.05) is 44.2 Å². The third-order valence-electron chi connectivity index (χ3n) is 3.62. The number of carbonyl (C=O) groups is 1. The Morgan fingerprint density at radius 3 is 2.64 bits per heavy atom. The van der Waals surface area contributed by atoms with E-state index in [-0.39, 0.29) is 5.97 Å². The SMILES string of the molecule is CCOC(=O)c1cnc2c(-c3ccccc3)c(C)nn2c1C. The van der Waals surface area contributed by atoms with Crippen LogP contribution >= 0.6 is 0 Å². The average molecular weight is 295 g/mol. The molecule has 5 nitrogen and oxygen atoms in total. The molecule has 0 bridgehead atoms. The van der Waals surface area contributed by atoms with Crippen LogP contribution in [0.2, 0.25) is 0 Å². The molecule has 0 radical (unpaired) electrons. The number of fused-ring (bicyclic) bond motifs is 1. The minimum atomic E-state index is -0.371. The lowest BCUT2D eigenvalue weighted by Gasteiger charge is -2.07. The van der Waals surface area contributed by atoms with Gasteiger partial charge in [-0.25, -0.2) is 14.3 Å².